The average Bonchev–Trinajstić information content (AvgIpc) is 2.73. The van der Waals surface area contributed by atoms with Crippen LogP contribution in [0.25, 0.3) is 22.4 Å². The monoisotopic (exact) mass is 403 g/mol. The molecular weight excluding hydrogens is 386 g/mol. The predicted octanol–water partition coefficient (Wildman–Crippen LogP) is 4.82. The minimum atomic E-state index is -0.457. The van der Waals surface area contributed by atoms with Gasteiger partial charge < -0.3 is 9.15 Å². The van der Waals surface area contributed by atoms with E-state index in [0.717, 1.165) is 16.6 Å². The zero-order valence-corrected chi connectivity index (χ0v) is 16.3. The van der Waals surface area contributed by atoms with Crippen LogP contribution in [0.4, 0.5) is 5.69 Å². The number of ether oxygens (including phenoxy) is 1. The van der Waals surface area contributed by atoms with Crippen molar-refractivity contribution < 1.29 is 14.1 Å². The average molecular weight is 403 g/mol. The molecule has 0 aliphatic carbocycles. The number of aryl methyl sites for hydroxylation is 2. The number of benzene rings is 2. The highest BCUT2D eigenvalue weighted by molar-refractivity contribution is 5.81. The number of non-ortho nitro benzene ring substituents is 1. The summed E-state index contributed by atoms with van der Waals surface area (Å²) in [4.78, 5) is 31.0. The number of hydrogen-bond acceptors (Lipinski definition) is 7. The third kappa shape index (κ3) is 3.88. The first-order chi connectivity index (χ1) is 14.4. The lowest BCUT2D eigenvalue weighted by Gasteiger charge is -2.09. The van der Waals surface area contributed by atoms with Crippen LogP contribution in [-0.2, 0) is 6.42 Å². The van der Waals surface area contributed by atoms with E-state index < -0.39 is 10.5 Å². The number of rotatable bonds is 5. The number of aromatic nitrogens is 2. The number of nitro benzene ring substituents is 1. The normalized spacial score (nSPS) is 10.9. The SMILES string of the molecule is CCc1cc(Oc2ccc3c(C)cc(=O)oc3c2)nc(-c2ccc([N+](=O)[O-])cc2)n1. The molecule has 4 aromatic rings. The first-order valence-corrected chi connectivity index (χ1v) is 9.28. The molecule has 0 saturated heterocycles. The summed E-state index contributed by atoms with van der Waals surface area (Å²) in [6, 6.07) is 14.4. The Morgan fingerprint density at radius 3 is 2.53 bits per heavy atom. The van der Waals surface area contributed by atoms with Gasteiger partial charge in [0.15, 0.2) is 5.82 Å². The van der Waals surface area contributed by atoms with Crippen LogP contribution < -0.4 is 10.4 Å². The van der Waals surface area contributed by atoms with E-state index in [0.29, 0.717) is 35.0 Å². The molecule has 0 spiro atoms. The Kier molecular flexibility index (Phi) is 4.97. The Hall–Kier alpha value is -4.07. The fourth-order valence-corrected chi connectivity index (χ4v) is 3.06. The van der Waals surface area contributed by atoms with Gasteiger partial charge in [-0.25, -0.2) is 9.78 Å². The number of nitrogens with zero attached hydrogens (tertiary/aromatic N) is 3. The van der Waals surface area contributed by atoms with Crippen molar-refractivity contribution in [1.82, 2.24) is 9.97 Å². The molecule has 2 aromatic heterocycles. The first-order valence-electron chi connectivity index (χ1n) is 9.28. The molecule has 150 valence electrons. The van der Waals surface area contributed by atoms with Crippen LogP contribution >= 0.6 is 0 Å². The molecular formula is C22H17N3O5. The largest absolute Gasteiger partial charge is 0.439 e. The quantitative estimate of drug-likeness (QED) is 0.267. The maximum Gasteiger partial charge on any atom is 0.336 e. The standard InChI is InChI=1S/C22H17N3O5/c1-3-15-11-20(24-22(23-15)14-4-6-16(7-5-14)25(27)28)29-17-8-9-18-13(2)10-21(26)30-19(18)12-17/h4-12H,3H2,1-2H3. The Morgan fingerprint density at radius 2 is 1.83 bits per heavy atom. The van der Waals surface area contributed by atoms with E-state index in [4.69, 9.17) is 9.15 Å². The van der Waals surface area contributed by atoms with Gasteiger partial charge in [0.25, 0.3) is 5.69 Å². The zero-order chi connectivity index (χ0) is 21.3. The summed E-state index contributed by atoms with van der Waals surface area (Å²) in [6.45, 7) is 3.80. The Bertz CT molecular complexity index is 1310. The lowest BCUT2D eigenvalue weighted by atomic mass is 10.1. The maximum atomic E-state index is 11.7. The fraction of sp³-hybridized carbons (Fsp3) is 0.136. The minimum Gasteiger partial charge on any atom is -0.439 e. The second-order valence-electron chi connectivity index (χ2n) is 6.69. The molecule has 2 heterocycles. The molecule has 0 fully saturated rings. The van der Waals surface area contributed by atoms with Crippen molar-refractivity contribution in [3.8, 4) is 23.0 Å². The van der Waals surface area contributed by atoms with E-state index in [1.165, 1.54) is 18.2 Å². The summed E-state index contributed by atoms with van der Waals surface area (Å²) in [5.74, 6) is 1.19. The van der Waals surface area contributed by atoms with E-state index >= 15 is 0 Å². The van der Waals surface area contributed by atoms with Crippen LogP contribution in [0.3, 0.4) is 0 Å². The molecule has 0 aliphatic rings. The van der Waals surface area contributed by atoms with E-state index in [9.17, 15) is 14.9 Å². The van der Waals surface area contributed by atoms with Crippen molar-refractivity contribution >= 4 is 16.7 Å². The zero-order valence-electron chi connectivity index (χ0n) is 16.3. The van der Waals surface area contributed by atoms with Crippen LogP contribution in [0, 0.1) is 17.0 Å². The number of nitro groups is 1. The number of hydrogen-bond donors (Lipinski definition) is 0. The predicted molar refractivity (Wildman–Crippen MR) is 111 cm³/mol. The highest BCUT2D eigenvalue weighted by Gasteiger charge is 2.12. The van der Waals surface area contributed by atoms with Gasteiger partial charge in [0.1, 0.15) is 11.3 Å². The highest BCUT2D eigenvalue weighted by Crippen LogP contribution is 2.28. The molecule has 0 saturated carbocycles. The Labute approximate surface area is 170 Å². The summed E-state index contributed by atoms with van der Waals surface area (Å²) in [5.41, 5.74) is 2.22. The van der Waals surface area contributed by atoms with Crippen LogP contribution in [-0.4, -0.2) is 14.9 Å². The van der Waals surface area contributed by atoms with Crippen LogP contribution in [0.5, 0.6) is 11.6 Å². The smallest absolute Gasteiger partial charge is 0.336 e. The molecule has 0 unspecified atom stereocenters. The van der Waals surface area contributed by atoms with Gasteiger partial charge in [-0.3, -0.25) is 10.1 Å². The molecule has 0 radical (unpaired) electrons. The van der Waals surface area contributed by atoms with E-state index in [1.807, 2.05) is 19.9 Å². The van der Waals surface area contributed by atoms with Crippen molar-refractivity contribution in [2.24, 2.45) is 0 Å². The molecule has 2 aromatic carbocycles. The van der Waals surface area contributed by atoms with Gasteiger partial charge in [0.2, 0.25) is 5.88 Å². The van der Waals surface area contributed by atoms with E-state index in [2.05, 4.69) is 9.97 Å². The summed E-state index contributed by atoms with van der Waals surface area (Å²) in [6.07, 6.45) is 0.657. The highest BCUT2D eigenvalue weighted by atomic mass is 16.6. The third-order valence-corrected chi connectivity index (χ3v) is 4.60. The third-order valence-electron chi connectivity index (χ3n) is 4.60. The van der Waals surface area contributed by atoms with Crippen LogP contribution in [0.2, 0.25) is 0 Å². The lowest BCUT2D eigenvalue weighted by Crippen LogP contribution is -1.99. The van der Waals surface area contributed by atoms with E-state index in [-0.39, 0.29) is 5.69 Å². The summed E-state index contributed by atoms with van der Waals surface area (Å²) in [5, 5.41) is 11.7. The second kappa shape index (κ2) is 7.75. The van der Waals surface area contributed by atoms with Crippen LogP contribution in [0.15, 0.2) is 63.8 Å². The molecule has 30 heavy (non-hydrogen) atoms. The van der Waals surface area contributed by atoms with Gasteiger partial charge in [-0.2, -0.15) is 4.98 Å². The Morgan fingerprint density at radius 1 is 1.07 bits per heavy atom. The molecule has 0 bridgehead atoms. The molecule has 0 amide bonds. The summed E-state index contributed by atoms with van der Waals surface area (Å²) >= 11 is 0. The molecule has 8 heteroatoms. The first kappa shape index (κ1) is 19.3. The minimum absolute atomic E-state index is 0.00480. The lowest BCUT2D eigenvalue weighted by molar-refractivity contribution is -0.384. The molecule has 0 N–H and O–H groups in total. The Balaban J connectivity index is 1.71. The van der Waals surface area contributed by atoms with Crippen molar-refractivity contribution in [3.63, 3.8) is 0 Å². The maximum absolute atomic E-state index is 11.7. The number of fused-ring (bicyclic) bond motifs is 1. The summed E-state index contributed by atoms with van der Waals surface area (Å²) in [7, 11) is 0. The second-order valence-corrected chi connectivity index (χ2v) is 6.69. The summed E-state index contributed by atoms with van der Waals surface area (Å²) < 4.78 is 11.2. The van der Waals surface area contributed by atoms with Crippen molar-refractivity contribution in [2.75, 3.05) is 0 Å². The fourth-order valence-electron chi connectivity index (χ4n) is 3.06. The van der Waals surface area contributed by atoms with Gasteiger partial charge >= 0.3 is 5.63 Å². The van der Waals surface area contributed by atoms with Crippen molar-refractivity contribution in [2.45, 2.75) is 20.3 Å². The van der Waals surface area contributed by atoms with Gasteiger partial charge in [0, 0.05) is 47.0 Å². The van der Waals surface area contributed by atoms with Gasteiger partial charge in [-0.05, 0) is 43.2 Å². The molecule has 4 rings (SSSR count). The molecule has 8 nitrogen and oxygen atoms in total. The van der Waals surface area contributed by atoms with Crippen LogP contribution in [0.1, 0.15) is 18.2 Å². The molecule has 0 atom stereocenters. The van der Waals surface area contributed by atoms with E-state index in [1.54, 1.807) is 30.3 Å². The van der Waals surface area contributed by atoms with Gasteiger partial charge in [-0.1, -0.05) is 6.92 Å². The van der Waals surface area contributed by atoms with Crippen molar-refractivity contribution in [3.05, 3.63) is 86.4 Å². The van der Waals surface area contributed by atoms with Gasteiger partial charge in [-0.15, -0.1) is 0 Å². The van der Waals surface area contributed by atoms with Gasteiger partial charge in [0.05, 0.1) is 4.92 Å². The van der Waals surface area contributed by atoms with Crippen molar-refractivity contribution in [1.29, 1.82) is 0 Å². The molecule has 0 aliphatic heterocycles. The topological polar surface area (TPSA) is 108 Å².